The molecule has 1 saturated heterocycles. The first-order chi connectivity index (χ1) is 15.7. The van der Waals surface area contributed by atoms with Gasteiger partial charge in [-0.15, -0.1) is 0 Å². The average molecular weight is 479 g/mol. The minimum Gasteiger partial charge on any atom is -0.393 e. The summed E-state index contributed by atoms with van der Waals surface area (Å²) < 4.78 is 55.8. The SMILES string of the molecule is CCCS(=O)(=O)Nc1ccc(F)c(C(=O)c2c[nH]c3ncc(N4CCC(O)CC4)cc23)c1F. The lowest BCUT2D eigenvalue weighted by Gasteiger charge is -2.31. The number of carbonyl (C=O) groups is 1. The van der Waals surface area contributed by atoms with E-state index in [0.717, 1.165) is 17.8 Å². The van der Waals surface area contributed by atoms with Crippen molar-refractivity contribution in [2.24, 2.45) is 0 Å². The fourth-order valence-corrected chi connectivity index (χ4v) is 5.07. The normalized spacial score (nSPS) is 15.2. The van der Waals surface area contributed by atoms with Crippen LogP contribution >= 0.6 is 0 Å². The molecular weight excluding hydrogens is 454 g/mol. The number of H-pyrrole nitrogens is 1. The van der Waals surface area contributed by atoms with Gasteiger partial charge in [0.25, 0.3) is 0 Å². The molecule has 11 heteroatoms. The highest BCUT2D eigenvalue weighted by Crippen LogP contribution is 2.30. The maximum absolute atomic E-state index is 15.1. The second-order valence-electron chi connectivity index (χ2n) is 8.04. The third-order valence-corrected chi connectivity index (χ3v) is 7.12. The Labute approximate surface area is 189 Å². The molecule has 4 rings (SSSR count). The number of rotatable bonds is 7. The van der Waals surface area contributed by atoms with Crippen molar-refractivity contribution in [2.45, 2.75) is 32.3 Å². The van der Waals surface area contributed by atoms with Crippen LogP contribution < -0.4 is 9.62 Å². The van der Waals surface area contributed by atoms with Gasteiger partial charge in [-0.2, -0.15) is 0 Å². The Morgan fingerprint density at radius 3 is 2.73 bits per heavy atom. The van der Waals surface area contributed by atoms with Crippen molar-refractivity contribution >= 4 is 38.2 Å². The molecule has 1 aromatic carbocycles. The largest absolute Gasteiger partial charge is 0.393 e. The van der Waals surface area contributed by atoms with Gasteiger partial charge in [0.1, 0.15) is 11.5 Å². The van der Waals surface area contributed by atoms with Crippen LogP contribution in [0.15, 0.2) is 30.6 Å². The number of halogens is 2. The monoisotopic (exact) mass is 478 g/mol. The first-order valence-corrected chi connectivity index (χ1v) is 12.3. The fourth-order valence-electron chi connectivity index (χ4n) is 3.94. The van der Waals surface area contributed by atoms with Gasteiger partial charge in [-0.05, 0) is 37.5 Å². The van der Waals surface area contributed by atoms with Gasteiger partial charge in [-0.25, -0.2) is 22.2 Å². The molecule has 33 heavy (non-hydrogen) atoms. The minimum absolute atomic E-state index is 0.0164. The number of fused-ring (bicyclic) bond motifs is 1. The highest BCUT2D eigenvalue weighted by atomic mass is 32.2. The predicted molar refractivity (Wildman–Crippen MR) is 121 cm³/mol. The van der Waals surface area contributed by atoms with E-state index in [2.05, 4.69) is 14.7 Å². The second-order valence-corrected chi connectivity index (χ2v) is 9.89. The zero-order valence-electron chi connectivity index (χ0n) is 17.9. The summed E-state index contributed by atoms with van der Waals surface area (Å²) in [4.78, 5) is 22.4. The molecule has 0 bridgehead atoms. The molecule has 0 aliphatic carbocycles. The van der Waals surface area contributed by atoms with Crippen molar-refractivity contribution in [1.82, 2.24) is 9.97 Å². The Kier molecular flexibility index (Phi) is 6.35. The van der Waals surface area contributed by atoms with Crippen LogP contribution in [0.25, 0.3) is 11.0 Å². The van der Waals surface area contributed by atoms with Crippen LogP contribution in [0.3, 0.4) is 0 Å². The molecule has 3 N–H and O–H groups in total. The number of hydrogen-bond donors (Lipinski definition) is 3. The number of aliphatic hydroxyl groups excluding tert-OH is 1. The molecule has 1 aliphatic rings. The van der Waals surface area contributed by atoms with Crippen molar-refractivity contribution < 1.29 is 27.1 Å². The van der Waals surface area contributed by atoms with E-state index >= 15 is 4.39 Å². The molecule has 1 fully saturated rings. The van der Waals surface area contributed by atoms with Gasteiger partial charge >= 0.3 is 0 Å². The van der Waals surface area contributed by atoms with Gasteiger partial charge < -0.3 is 15.0 Å². The van der Waals surface area contributed by atoms with Gasteiger partial charge in [0.15, 0.2) is 5.82 Å². The van der Waals surface area contributed by atoms with Gasteiger partial charge in [-0.1, -0.05) is 6.92 Å². The Bertz CT molecular complexity index is 1300. The number of piperidine rings is 1. The molecule has 0 radical (unpaired) electrons. The number of anilines is 2. The van der Waals surface area contributed by atoms with E-state index in [9.17, 15) is 22.7 Å². The van der Waals surface area contributed by atoms with Gasteiger partial charge in [0.2, 0.25) is 15.8 Å². The third kappa shape index (κ3) is 4.69. The number of aromatic amines is 1. The second kappa shape index (κ2) is 9.06. The lowest BCUT2D eigenvalue weighted by molar-refractivity contribution is 0.103. The fraction of sp³-hybridized carbons (Fsp3) is 0.364. The van der Waals surface area contributed by atoms with E-state index in [1.807, 2.05) is 4.90 Å². The number of pyridine rings is 1. The Hall–Kier alpha value is -3.05. The van der Waals surface area contributed by atoms with Crippen LogP contribution in [0.4, 0.5) is 20.2 Å². The lowest BCUT2D eigenvalue weighted by Crippen LogP contribution is -2.35. The number of benzene rings is 1. The molecule has 3 aromatic rings. The van der Waals surface area contributed by atoms with Gasteiger partial charge in [-0.3, -0.25) is 9.52 Å². The number of nitrogens with zero attached hydrogens (tertiary/aromatic N) is 2. The molecule has 8 nitrogen and oxygen atoms in total. The van der Waals surface area contributed by atoms with Crippen molar-refractivity contribution in [1.29, 1.82) is 0 Å². The van der Waals surface area contributed by atoms with Gasteiger partial charge in [0.05, 0.1) is 35.0 Å². The number of nitrogens with one attached hydrogen (secondary N) is 2. The number of hydrogen-bond acceptors (Lipinski definition) is 6. The van der Waals surface area contributed by atoms with Crippen LogP contribution in [-0.4, -0.2) is 54.2 Å². The van der Waals surface area contributed by atoms with Crippen molar-refractivity contribution in [3.63, 3.8) is 0 Å². The highest BCUT2D eigenvalue weighted by Gasteiger charge is 2.26. The highest BCUT2D eigenvalue weighted by molar-refractivity contribution is 7.92. The zero-order valence-corrected chi connectivity index (χ0v) is 18.8. The summed E-state index contributed by atoms with van der Waals surface area (Å²) in [6.07, 6.45) is 4.13. The molecule has 0 saturated carbocycles. The first kappa shape index (κ1) is 23.1. The predicted octanol–water partition coefficient (Wildman–Crippen LogP) is 3.18. The molecule has 3 heterocycles. The lowest BCUT2D eigenvalue weighted by atomic mass is 10.0. The van der Waals surface area contributed by atoms with E-state index in [1.54, 1.807) is 19.2 Å². The van der Waals surface area contributed by atoms with E-state index in [-0.39, 0.29) is 17.4 Å². The number of sulfonamides is 1. The van der Waals surface area contributed by atoms with Crippen molar-refractivity contribution in [3.8, 4) is 0 Å². The maximum Gasteiger partial charge on any atom is 0.232 e. The van der Waals surface area contributed by atoms with Gasteiger partial charge in [0, 0.05) is 30.2 Å². The van der Waals surface area contributed by atoms with Crippen molar-refractivity contribution in [3.05, 3.63) is 53.4 Å². The summed E-state index contributed by atoms with van der Waals surface area (Å²) in [6, 6.07) is 3.53. The summed E-state index contributed by atoms with van der Waals surface area (Å²) in [5.41, 5.74) is -0.217. The smallest absolute Gasteiger partial charge is 0.232 e. The summed E-state index contributed by atoms with van der Waals surface area (Å²) in [5, 5.41) is 10.1. The summed E-state index contributed by atoms with van der Waals surface area (Å²) >= 11 is 0. The number of carbonyl (C=O) groups excluding carboxylic acids is 1. The molecule has 0 spiro atoms. The van der Waals surface area contributed by atoms with E-state index in [1.165, 1.54) is 6.20 Å². The molecule has 0 amide bonds. The van der Waals surface area contributed by atoms with Crippen LogP contribution in [0, 0.1) is 11.6 Å². The van der Waals surface area contributed by atoms with Crippen LogP contribution in [0.2, 0.25) is 0 Å². The average Bonchev–Trinajstić information content (AvgIpc) is 3.19. The van der Waals surface area contributed by atoms with Crippen molar-refractivity contribution in [2.75, 3.05) is 28.5 Å². The van der Waals surface area contributed by atoms with Crippen LogP contribution in [0.5, 0.6) is 0 Å². The summed E-state index contributed by atoms with van der Waals surface area (Å²) in [5.74, 6) is -3.54. The molecule has 0 atom stereocenters. The number of aromatic nitrogens is 2. The zero-order chi connectivity index (χ0) is 23.8. The Morgan fingerprint density at radius 1 is 1.30 bits per heavy atom. The molecular formula is C22H24F2N4O4S. The van der Waals surface area contributed by atoms with Crippen LogP contribution in [-0.2, 0) is 10.0 Å². The Balaban J connectivity index is 1.71. The first-order valence-electron chi connectivity index (χ1n) is 10.6. The van der Waals surface area contributed by atoms with E-state index in [4.69, 9.17) is 0 Å². The number of ketones is 1. The molecule has 0 unspecified atom stereocenters. The topological polar surface area (TPSA) is 115 Å². The molecule has 2 aromatic heterocycles. The Morgan fingerprint density at radius 2 is 2.03 bits per heavy atom. The number of aliphatic hydroxyl groups is 1. The van der Waals surface area contributed by atoms with E-state index < -0.39 is 38.7 Å². The summed E-state index contributed by atoms with van der Waals surface area (Å²) in [7, 11) is -3.84. The molecule has 176 valence electrons. The third-order valence-electron chi connectivity index (χ3n) is 5.65. The van der Waals surface area contributed by atoms with E-state index in [0.29, 0.717) is 43.4 Å². The minimum atomic E-state index is -3.84. The molecule has 1 aliphatic heterocycles. The quantitative estimate of drug-likeness (QED) is 0.449. The standard InChI is InChI=1S/C22H24F2N4O4S/c1-2-9-33(31,32)27-18-4-3-17(23)19(20(18)24)21(30)16-12-26-22-15(16)10-13(11-25-22)28-7-5-14(29)6-8-28/h3-4,10-12,14,27,29H,2,5-9H2,1H3,(H,25,26). The summed E-state index contributed by atoms with van der Waals surface area (Å²) in [6.45, 7) is 2.89. The maximum atomic E-state index is 15.1. The van der Waals surface area contributed by atoms with Crippen LogP contribution in [0.1, 0.15) is 42.1 Å².